The highest BCUT2D eigenvalue weighted by atomic mass is 16.5. The molecule has 106 valence electrons. The first-order valence-electron chi connectivity index (χ1n) is 7.06. The Labute approximate surface area is 114 Å². The van der Waals surface area contributed by atoms with Gasteiger partial charge in [0, 0.05) is 13.1 Å². The van der Waals surface area contributed by atoms with Crippen LogP contribution in [0.4, 0.5) is 11.9 Å². The van der Waals surface area contributed by atoms with E-state index < -0.39 is 0 Å². The van der Waals surface area contributed by atoms with Gasteiger partial charge in [0.05, 0.1) is 6.61 Å². The van der Waals surface area contributed by atoms with Crippen molar-refractivity contribution >= 4 is 11.9 Å². The molecule has 2 N–H and O–H groups in total. The minimum atomic E-state index is 0.379. The van der Waals surface area contributed by atoms with E-state index in [4.69, 9.17) is 4.74 Å². The van der Waals surface area contributed by atoms with Crippen LogP contribution in [0.25, 0.3) is 0 Å². The molecule has 1 heterocycles. The van der Waals surface area contributed by atoms with Crippen LogP contribution >= 0.6 is 0 Å². The molecule has 0 bridgehead atoms. The molecule has 1 aromatic heterocycles. The summed E-state index contributed by atoms with van der Waals surface area (Å²) >= 11 is 0. The average Bonchev–Trinajstić information content (AvgIpc) is 2.33. The molecule has 6 heteroatoms. The number of hydrogen-bond donors (Lipinski definition) is 2. The van der Waals surface area contributed by atoms with Gasteiger partial charge in [0.1, 0.15) is 0 Å². The Bertz CT molecular complexity index is 408. The number of anilines is 2. The summed E-state index contributed by atoms with van der Waals surface area (Å²) in [4.78, 5) is 12.8. The summed E-state index contributed by atoms with van der Waals surface area (Å²) < 4.78 is 5.48. The Hall–Kier alpha value is -1.59. The van der Waals surface area contributed by atoms with Crippen LogP contribution in [-0.2, 0) is 0 Å². The summed E-state index contributed by atoms with van der Waals surface area (Å²) in [6.07, 6.45) is 4.84. The van der Waals surface area contributed by atoms with Crippen LogP contribution in [0.15, 0.2) is 0 Å². The summed E-state index contributed by atoms with van der Waals surface area (Å²) in [7, 11) is 1.79. The second-order valence-corrected chi connectivity index (χ2v) is 4.99. The quantitative estimate of drug-likeness (QED) is 0.788. The molecule has 2 rings (SSSR count). The molecule has 0 radical (unpaired) electrons. The molecule has 1 aliphatic carbocycles. The Kier molecular flexibility index (Phi) is 4.76. The van der Waals surface area contributed by atoms with Crippen molar-refractivity contribution in [2.75, 3.05) is 24.3 Å². The number of hydrogen-bond acceptors (Lipinski definition) is 6. The molecule has 0 aromatic carbocycles. The predicted molar refractivity (Wildman–Crippen MR) is 75.6 cm³/mol. The maximum atomic E-state index is 5.48. The van der Waals surface area contributed by atoms with E-state index in [1.807, 2.05) is 0 Å². The maximum Gasteiger partial charge on any atom is 0.323 e. The third-order valence-electron chi connectivity index (χ3n) is 3.49. The average molecular weight is 265 g/mol. The topological polar surface area (TPSA) is 72.0 Å². The van der Waals surface area contributed by atoms with Crippen molar-refractivity contribution in [3.05, 3.63) is 0 Å². The van der Waals surface area contributed by atoms with Gasteiger partial charge in [-0.3, -0.25) is 0 Å². The first-order chi connectivity index (χ1) is 9.22. The van der Waals surface area contributed by atoms with Gasteiger partial charge in [0.15, 0.2) is 0 Å². The van der Waals surface area contributed by atoms with E-state index in [1.54, 1.807) is 7.05 Å². The minimum absolute atomic E-state index is 0.379. The minimum Gasteiger partial charge on any atom is -0.463 e. The van der Waals surface area contributed by atoms with E-state index in [0.717, 1.165) is 12.3 Å². The van der Waals surface area contributed by atoms with Crippen molar-refractivity contribution in [2.24, 2.45) is 5.92 Å². The molecule has 6 nitrogen and oxygen atoms in total. The van der Waals surface area contributed by atoms with E-state index in [1.165, 1.54) is 19.3 Å². The van der Waals surface area contributed by atoms with Gasteiger partial charge in [-0.15, -0.1) is 0 Å². The SMILES string of the molecule is CCCOc1nc(NC)nc(NC(C)C2CCC2)n1. The highest BCUT2D eigenvalue weighted by molar-refractivity contribution is 5.36. The lowest BCUT2D eigenvalue weighted by atomic mass is 9.80. The smallest absolute Gasteiger partial charge is 0.323 e. The molecular weight excluding hydrogens is 242 g/mol. The molecule has 1 aromatic rings. The first kappa shape index (κ1) is 13.8. The molecule has 1 atom stereocenters. The number of nitrogens with one attached hydrogen (secondary N) is 2. The largest absolute Gasteiger partial charge is 0.463 e. The van der Waals surface area contributed by atoms with Crippen LogP contribution in [-0.4, -0.2) is 34.6 Å². The molecular formula is C13H23N5O. The number of rotatable bonds is 7. The van der Waals surface area contributed by atoms with Gasteiger partial charge >= 0.3 is 6.01 Å². The number of aromatic nitrogens is 3. The fraction of sp³-hybridized carbons (Fsp3) is 0.769. The molecule has 0 aliphatic heterocycles. The van der Waals surface area contributed by atoms with Crippen molar-refractivity contribution in [3.63, 3.8) is 0 Å². The molecule has 1 unspecified atom stereocenters. The second kappa shape index (κ2) is 6.54. The molecule has 0 spiro atoms. The van der Waals surface area contributed by atoms with Crippen molar-refractivity contribution in [2.45, 2.75) is 45.6 Å². The van der Waals surface area contributed by atoms with Gasteiger partial charge in [-0.05, 0) is 32.1 Å². The van der Waals surface area contributed by atoms with E-state index in [9.17, 15) is 0 Å². The summed E-state index contributed by atoms with van der Waals surface area (Å²) in [5.41, 5.74) is 0. The maximum absolute atomic E-state index is 5.48. The van der Waals surface area contributed by atoms with E-state index in [-0.39, 0.29) is 0 Å². The van der Waals surface area contributed by atoms with Crippen LogP contribution in [0, 0.1) is 5.92 Å². The van der Waals surface area contributed by atoms with Crippen LogP contribution in [0.2, 0.25) is 0 Å². The first-order valence-corrected chi connectivity index (χ1v) is 7.06. The molecule has 1 saturated carbocycles. The third-order valence-corrected chi connectivity index (χ3v) is 3.49. The van der Waals surface area contributed by atoms with Crippen LogP contribution in [0.3, 0.4) is 0 Å². The zero-order chi connectivity index (χ0) is 13.7. The van der Waals surface area contributed by atoms with E-state index in [2.05, 4.69) is 39.4 Å². The Morgan fingerprint density at radius 2 is 2.00 bits per heavy atom. The molecule has 1 fully saturated rings. The fourth-order valence-electron chi connectivity index (χ4n) is 2.05. The van der Waals surface area contributed by atoms with Gasteiger partial charge in [-0.2, -0.15) is 15.0 Å². The van der Waals surface area contributed by atoms with Crippen LogP contribution in [0.5, 0.6) is 6.01 Å². The van der Waals surface area contributed by atoms with Crippen molar-refractivity contribution in [3.8, 4) is 6.01 Å². The molecule has 19 heavy (non-hydrogen) atoms. The van der Waals surface area contributed by atoms with Gasteiger partial charge in [0.25, 0.3) is 0 Å². The standard InChI is InChI=1S/C13H23N5O/c1-4-8-19-13-17-11(14-3)16-12(18-13)15-9(2)10-6-5-7-10/h9-10H,4-8H2,1-3H3,(H2,14,15,16,17,18). The zero-order valence-corrected chi connectivity index (χ0v) is 11.9. The Balaban J connectivity index is 2.04. The number of ether oxygens (including phenoxy) is 1. The van der Waals surface area contributed by atoms with Crippen molar-refractivity contribution < 1.29 is 4.74 Å². The Morgan fingerprint density at radius 3 is 2.58 bits per heavy atom. The van der Waals surface area contributed by atoms with Gasteiger partial charge in [0.2, 0.25) is 11.9 Å². The highest BCUT2D eigenvalue weighted by Gasteiger charge is 2.24. The van der Waals surface area contributed by atoms with Crippen molar-refractivity contribution in [1.29, 1.82) is 0 Å². The van der Waals surface area contributed by atoms with E-state index in [0.29, 0.717) is 30.6 Å². The molecule has 0 saturated heterocycles. The summed E-state index contributed by atoms with van der Waals surface area (Å²) in [5.74, 6) is 1.85. The lowest BCUT2D eigenvalue weighted by Crippen LogP contribution is -2.31. The third kappa shape index (κ3) is 3.68. The molecule has 1 aliphatic rings. The fourth-order valence-corrected chi connectivity index (χ4v) is 2.05. The summed E-state index contributed by atoms with van der Waals surface area (Å²) in [6.45, 7) is 4.85. The van der Waals surface area contributed by atoms with Crippen molar-refractivity contribution in [1.82, 2.24) is 15.0 Å². The normalized spacial score (nSPS) is 16.6. The van der Waals surface area contributed by atoms with Gasteiger partial charge < -0.3 is 15.4 Å². The monoisotopic (exact) mass is 265 g/mol. The second-order valence-electron chi connectivity index (χ2n) is 4.99. The van der Waals surface area contributed by atoms with Crippen LogP contribution in [0.1, 0.15) is 39.5 Å². The molecule has 0 amide bonds. The summed E-state index contributed by atoms with van der Waals surface area (Å²) in [5, 5.41) is 6.29. The summed E-state index contributed by atoms with van der Waals surface area (Å²) in [6, 6.07) is 0.768. The van der Waals surface area contributed by atoms with Crippen LogP contribution < -0.4 is 15.4 Å². The van der Waals surface area contributed by atoms with Gasteiger partial charge in [-0.25, -0.2) is 0 Å². The zero-order valence-electron chi connectivity index (χ0n) is 11.9. The Morgan fingerprint density at radius 1 is 1.26 bits per heavy atom. The van der Waals surface area contributed by atoms with E-state index >= 15 is 0 Å². The lowest BCUT2D eigenvalue weighted by molar-refractivity contribution is 0.281. The lowest BCUT2D eigenvalue weighted by Gasteiger charge is -2.31. The predicted octanol–water partition coefficient (Wildman–Crippen LogP) is 2.30. The number of nitrogens with zero attached hydrogens (tertiary/aromatic N) is 3. The van der Waals surface area contributed by atoms with Gasteiger partial charge in [-0.1, -0.05) is 13.3 Å². The highest BCUT2D eigenvalue weighted by Crippen LogP contribution is 2.30.